The molecule has 0 spiro atoms. The molecule has 1 aromatic carbocycles. The molecular formula is C14H19N3O4. The maximum absolute atomic E-state index is 12.1. The minimum Gasteiger partial charge on any atom is -0.381 e. The van der Waals surface area contributed by atoms with Crippen LogP contribution in [0.2, 0.25) is 0 Å². The molecule has 0 radical (unpaired) electrons. The third-order valence-corrected chi connectivity index (χ3v) is 3.59. The van der Waals surface area contributed by atoms with Crippen LogP contribution in [0.3, 0.4) is 0 Å². The van der Waals surface area contributed by atoms with Crippen molar-refractivity contribution in [3.8, 4) is 0 Å². The van der Waals surface area contributed by atoms with Crippen LogP contribution in [0.1, 0.15) is 30.1 Å². The zero-order valence-electron chi connectivity index (χ0n) is 12.1. The molecule has 0 saturated heterocycles. The summed E-state index contributed by atoms with van der Waals surface area (Å²) in [6.07, 6.45) is 1.75. The van der Waals surface area contributed by atoms with Gasteiger partial charge in [-0.25, -0.2) is 0 Å². The van der Waals surface area contributed by atoms with Crippen molar-refractivity contribution in [2.45, 2.75) is 31.9 Å². The second-order valence-corrected chi connectivity index (χ2v) is 5.02. The van der Waals surface area contributed by atoms with Gasteiger partial charge in [-0.3, -0.25) is 14.9 Å². The third-order valence-electron chi connectivity index (χ3n) is 3.59. The maximum Gasteiger partial charge on any atom is 0.293 e. The molecule has 21 heavy (non-hydrogen) atoms. The first-order valence-corrected chi connectivity index (χ1v) is 6.91. The van der Waals surface area contributed by atoms with Crippen LogP contribution in [0.5, 0.6) is 0 Å². The molecule has 0 aromatic heterocycles. The van der Waals surface area contributed by atoms with Crippen LogP contribution in [0.25, 0.3) is 0 Å². The van der Waals surface area contributed by atoms with Crippen molar-refractivity contribution in [1.29, 1.82) is 0 Å². The number of methoxy groups -OCH3 is 1. The van der Waals surface area contributed by atoms with Gasteiger partial charge in [0.25, 0.3) is 11.6 Å². The Balaban J connectivity index is 2.07. The number of benzene rings is 1. The van der Waals surface area contributed by atoms with E-state index in [-0.39, 0.29) is 23.7 Å². The number of hydrogen-bond acceptors (Lipinski definition) is 5. The van der Waals surface area contributed by atoms with E-state index < -0.39 is 4.92 Å². The van der Waals surface area contributed by atoms with Crippen LogP contribution in [0.15, 0.2) is 18.2 Å². The maximum atomic E-state index is 12.1. The van der Waals surface area contributed by atoms with Crippen LogP contribution in [-0.4, -0.2) is 36.6 Å². The summed E-state index contributed by atoms with van der Waals surface area (Å²) in [6, 6.07) is 4.54. The van der Waals surface area contributed by atoms with Crippen LogP contribution in [-0.2, 0) is 4.74 Å². The average molecular weight is 293 g/mol. The number of hydrogen-bond donors (Lipinski definition) is 2. The quantitative estimate of drug-likeness (QED) is 0.617. The lowest BCUT2D eigenvalue weighted by atomic mass is 9.89. The zero-order chi connectivity index (χ0) is 15.4. The van der Waals surface area contributed by atoms with Gasteiger partial charge in [-0.2, -0.15) is 0 Å². The number of amides is 1. The Kier molecular flexibility index (Phi) is 4.74. The number of ether oxygens (including phenoxy) is 1. The molecule has 114 valence electrons. The normalized spacial score (nSPS) is 20.5. The fourth-order valence-electron chi connectivity index (χ4n) is 2.31. The van der Waals surface area contributed by atoms with E-state index in [4.69, 9.17) is 4.74 Å². The molecule has 1 aliphatic rings. The number of nitrogens with one attached hydrogen (secondary N) is 2. The van der Waals surface area contributed by atoms with Gasteiger partial charge in [0.05, 0.1) is 11.0 Å². The number of carbonyl (C=O) groups excluding carboxylic acids is 1. The second kappa shape index (κ2) is 6.53. The van der Waals surface area contributed by atoms with Crippen molar-refractivity contribution in [3.05, 3.63) is 33.9 Å². The van der Waals surface area contributed by atoms with Crippen LogP contribution < -0.4 is 10.6 Å². The highest BCUT2D eigenvalue weighted by Gasteiger charge is 2.30. The zero-order valence-corrected chi connectivity index (χ0v) is 12.1. The molecule has 0 heterocycles. The third kappa shape index (κ3) is 3.49. The molecule has 1 saturated carbocycles. The van der Waals surface area contributed by atoms with Gasteiger partial charge in [-0.05, 0) is 31.9 Å². The van der Waals surface area contributed by atoms with E-state index in [9.17, 15) is 14.9 Å². The molecule has 0 bridgehead atoms. The molecule has 0 atom stereocenters. The van der Waals surface area contributed by atoms with Gasteiger partial charge in [0.1, 0.15) is 5.69 Å². The Labute approximate surface area is 122 Å². The topological polar surface area (TPSA) is 93.5 Å². The summed E-state index contributed by atoms with van der Waals surface area (Å²) < 4.78 is 5.15. The lowest BCUT2D eigenvalue weighted by Gasteiger charge is -2.34. The second-order valence-electron chi connectivity index (χ2n) is 5.02. The van der Waals surface area contributed by atoms with Gasteiger partial charge >= 0.3 is 0 Å². The highest BCUT2D eigenvalue weighted by atomic mass is 16.6. The number of nitro groups is 1. The SMILES string of the molecule is CCNc1ccc(C(=O)NC2CC(OC)C2)cc1[N+](=O)[O-]. The Hall–Kier alpha value is -2.15. The molecular weight excluding hydrogens is 274 g/mol. The van der Waals surface area contributed by atoms with Gasteiger partial charge in [0.15, 0.2) is 0 Å². The van der Waals surface area contributed by atoms with Gasteiger partial charge in [-0.15, -0.1) is 0 Å². The van der Waals surface area contributed by atoms with E-state index in [1.807, 2.05) is 6.92 Å². The number of rotatable bonds is 6. The largest absolute Gasteiger partial charge is 0.381 e. The Bertz CT molecular complexity index is 541. The minimum absolute atomic E-state index is 0.0787. The summed E-state index contributed by atoms with van der Waals surface area (Å²) in [7, 11) is 1.64. The first-order chi connectivity index (χ1) is 10.0. The van der Waals surface area contributed by atoms with Crippen LogP contribution in [0.4, 0.5) is 11.4 Å². The highest BCUT2D eigenvalue weighted by Crippen LogP contribution is 2.26. The number of carbonyl (C=O) groups is 1. The van der Waals surface area contributed by atoms with E-state index in [0.717, 1.165) is 12.8 Å². The fourth-order valence-corrected chi connectivity index (χ4v) is 2.31. The van der Waals surface area contributed by atoms with Gasteiger partial charge in [-0.1, -0.05) is 0 Å². The number of anilines is 1. The molecule has 1 fully saturated rings. The predicted octanol–water partition coefficient (Wildman–Crippen LogP) is 1.93. The van der Waals surface area contributed by atoms with Crippen molar-refractivity contribution in [1.82, 2.24) is 5.32 Å². The van der Waals surface area contributed by atoms with E-state index in [0.29, 0.717) is 17.8 Å². The molecule has 2 N–H and O–H groups in total. The molecule has 2 rings (SSSR count). The number of nitrogens with zero attached hydrogens (tertiary/aromatic N) is 1. The fraction of sp³-hybridized carbons (Fsp3) is 0.500. The molecule has 0 aliphatic heterocycles. The Morgan fingerprint density at radius 3 is 2.76 bits per heavy atom. The molecule has 7 nitrogen and oxygen atoms in total. The lowest BCUT2D eigenvalue weighted by molar-refractivity contribution is -0.384. The van der Waals surface area contributed by atoms with E-state index in [1.165, 1.54) is 6.07 Å². The van der Waals surface area contributed by atoms with Crippen LogP contribution in [0, 0.1) is 10.1 Å². The Morgan fingerprint density at radius 1 is 1.48 bits per heavy atom. The summed E-state index contributed by atoms with van der Waals surface area (Å²) in [5, 5.41) is 16.8. The lowest BCUT2D eigenvalue weighted by Crippen LogP contribution is -2.47. The summed E-state index contributed by atoms with van der Waals surface area (Å²) in [4.78, 5) is 22.7. The van der Waals surface area contributed by atoms with E-state index >= 15 is 0 Å². The van der Waals surface area contributed by atoms with Gasteiger partial charge in [0, 0.05) is 31.3 Å². The first kappa shape index (κ1) is 15.2. The molecule has 7 heteroatoms. The van der Waals surface area contributed by atoms with Crippen molar-refractivity contribution in [3.63, 3.8) is 0 Å². The summed E-state index contributed by atoms with van der Waals surface area (Å²) in [5.41, 5.74) is 0.624. The molecule has 1 aliphatic carbocycles. The summed E-state index contributed by atoms with van der Waals surface area (Å²) >= 11 is 0. The average Bonchev–Trinajstić information content (AvgIpc) is 2.42. The smallest absolute Gasteiger partial charge is 0.293 e. The monoisotopic (exact) mass is 293 g/mol. The highest BCUT2D eigenvalue weighted by molar-refractivity contribution is 5.96. The van der Waals surface area contributed by atoms with Crippen molar-refractivity contribution >= 4 is 17.3 Å². The predicted molar refractivity (Wildman–Crippen MR) is 78.5 cm³/mol. The van der Waals surface area contributed by atoms with Gasteiger partial charge < -0.3 is 15.4 Å². The van der Waals surface area contributed by atoms with E-state index in [2.05, 4.69) is 10.6 Å². The minimum atomic E-state index is -0.487. The Morgan fingerprint density at radius 2 is 2.19 bits per heavy atom. The van der Waals surface area contributed by atoms with Crippen molar-refractivity contribution in [2.75, 3.05) is 19.0 Å². The molecule has 1 aromatic rings. The van der Waals surface area contributed by atoms with Crippen molar-refractivity contribution in [2.24, 2.45) is 0 Å². The summed E-state index contributed by atoms with van der Waals surface area (Å²) in [6.45, 7) is 2.43. The van der Waals surface area contributed by atoms with E-state index in [1.54, 1.807) is 19.2 Å². The standard InChI is InChI=1S/C14H19N3O4/c1-3-15-12-5-4-9(6-13(12)17(19)20)14(18)16-10-7-11(8-10)21-2/h4-6,10-11,15H,3,7-8H2,1-2H3,(H,16,18). The van der Waals surface area contributed by atoms with Gasteiger partial charge in [0.2, 0.25) is 0 Å². The summed E-state index contributed by atoms with van der Waals surface area (Å²) in [5.74, 6) is -0.291. The molecule has 0 unspecified atom stereocenters. The number of nitro benzene ring substituents is 1. The first-order valence-electron chi connectivity index (χ1n) is 6.91. The van der Waals surface area contributed by atoms with Crippen molar-refractivity contribution < 1.29 is 14.5 Å². The molecule has 1 amide bonds. The van der Waals surface area contributed by atoms with Crippen LogP contribution >= 0.6 is 0 Å².